The molecule has 3 rings (SSSR count). The average Bonchev–Trinajstić information content (AvgIpc) is 3.03. The normalized spacial score (nSPS) is 11.0. The molecule has 0 spiro atoms. The molecule has 3 N–H and O–H groups in total. The first-order valence-corrected chi connectivity index (χ1v) is 6.50. The molecule has 0 bridgehead atoms. The zero-order valence-electron chi connectivity index (χ0n) is 11.7. The van der Waals surface area contributed by atoms with E-state index in [1.807, 2.05) is 0 Å². The Kier molecular flexibility index (Phi) is 3.37. The summed E-state index contributed by atoms with van der Waals surface area (Å²) in [6.45, 7) is 0.379. The summed E-state index contributed by atoms with van der Waals surface area (Å²) in [5.41, 5.74) is 1.43. The van der Waals surface area contributed by atoms with Crippen molar-refractivity contribution in [2.45, 2.75) is 6.42 Å². The van der Waals surface area contributed by atoms with E-state index in [9.17, 15) is 9.59 Å². The minimum atomic E-state index is -1.00. The summed E-state index contributed by atoms with van der Waals surface area (Å²) in [7, 11) is 1.33. The van der Waals surface area contributed by atoms with E-state index >= 15 is 0 Å². The minimum Gasteiger partial charge on any atom is -0.478 e. The molecule has 0 amide bonds. The molecule has 1 aromatic carbocycles. The highest BCUT2D eigenvalue weighted by atomic mass is 16.5. The average molecular weight is 303 g/mol. The van der Waals surface area contributed by atoms with Gasteiger partial charge in [-0.2, -0.15) is 4.98 Å². The first-order valence-electron chi connectivity index (χ1n) is 6.50. The molecule has 0 fully saturated rings. The highest BCUT2D eigenvalue weighted by molar-refractivity contribution is 5.93. The third-order valence-corrected chi connectivity index (χ3v) is 3.16. The van der Waals surface area contributed by atoms with Crippen LogP contribution in [0.5, 0.6) is 0 Å². The fourth-order valence-corrected chi connectivity index (χ4v) is 2.08. The summed E-state index contributed by atoms with van der Waals surface area (Å²) in [5, 5.41) is 14.9. The summed E-state index contributed by atoms with van der Waals surface area (Å²) in [6, 6.07) is 4.66. The number of anilines is 1. The Morgan fingerprint density at radius 3 is 2.95 bits per heavy atom. The molecule has 9 nitrogen and oxygen atoms in total. The van der Waals surface area contributed by atoms with Gasteiger partial charge in [0, 0.05) is 6.54 Å². The van der Waals surface area contributed by atoms with Crippen molar-refractivity contribution in [1.29, 1.82) is 0 Å². The van der Waals surface area contributed by atoms with Gasteiger partial charge in [-0.05, 0) is 18.2 Å². The number of nitrogens with zero attached hydrogens (tertiary/aromatic N) is 3. The first-order chi connectivity index (χ1) is 10.6. The van der Waals surface area contributed by atoms with Crippen molar-refractivity contribution in [3.05, 3.63) is 23.8 Å². The second-order valence-corrected chi connectivity index (χ2v) is 4.58. The number of nitrogens with one attached hydrogen (secondary N) is 2. The quantitative estimate of drug-likeness (QED) is 0.598. The van der Waals surface area contributed by atoms with Crippen molar-refractivity contribution in [3.63, 3.8) is 0 Å². The van der Waals surface area contributed by atoms with Gasteiger partial charge in [-0.25, -0.2) is 14.3 Å². The zero-order chi connectivity index (χ0) is 15.7. The molecule has 22 heavy (non-hydrogen) atoms. The number of benzene rings is 1. The van der Waals surface area contributed by atoms with Crippen LogP contribution >= 0.6 is 0 Å². The number of carbonyl (C=O) groups excluding carboxylic acids is 1. The van der Waals surface area contributed by atoms with E-state index in [0.29, 0.717) is 29.3 Å². The number of rotatable bonds is 5. The molecule has 0 saturated carbocycles. The van der Waals surface area contributed by atoms with Gasteiger partial charge in [-0.15, -0.1) is 0 Å². The van der Waals surface area contributed by atoms with Crippen LogP contribution in [0.3, 0.4) is 0 Å². The monoisotopic (exact) mass is 303 g/mol. The van der Waals surface area contributed by atoms with Crippen molar-refractivity contribution in [1.82, 2.24) is 19.6 Å². The van der Waals surface area contributed by atoms with E-state index in [4.69, 9.17) is 5.11 Å². The molecule has 114 valence electrons. The van der Waals surface area contributed by atoms with E-state index in [2.05, 4.69) is 25.1 Å². The van der Waals surface area contributed by atoms with Gasteiger partial charge in [-0.3, -0.25) is 9.89 Å². The van der Waals surface area contributed by atoms with Crippen LogP contribution in [0, 0.1) is 0 Å². The van der Waals surface area contributed by atoms with Gasteiger partial charge < -0.3 is 15.2 Å². The van der Waals surface area contributed by atoms with Gasteiger partial charge >= 0.3 is 11.9 Å². The first kappa shape index (κ1) is 13.9. The van der Waals surface area contributed by atoms with Crippen LogP contribution in [0.2, 0.25) is 0 Å². The van der Waals surface area contributed by atoms with Crippen LogP contribution < -0.4 is 5.32 Å². The van der Waals surface area contributed by atoms with E-state index < -0.39 is 5.97 Å². The Hall–Kier alpha value is -3.10. The second-order valence-electron chi connectivity index (χ2n) is 4.58. The van der Waals surface area contributed by atoms with E-state index in [-0.39, 0.29) is 18.0 Å². The minimum absolute atomic E-state index is 0.171. The van der Waals surface area contributed by atoms with E-state index in [1.54, 1.807) is 10.6 Å². The van der Waals surface area contributed by atoms with Crippen LogP contribution in [0.1, 0.15) is 16.8 Å². The smallest absolute Gasteiger partial charge is 0.335 e. The Morgan fingerprint density at radius 2 is 2.23 bits per heavy atom. The molecule has 3 aromatic rings. The standard InChI is InChI=1S/C13H13N5O4/c1-22-10(19)4-5-14-12-16-13-15-8-6-7(11(20)21)2-3-9(8)18(13)17-12/h2-3,6H,4-5H2,1H3,(H,20,21)(H2,14,15,16,17). The maximum absolute atomic E-state index is 11.0. The van der Waals surface area contributed by atoms with Crippen molar-refractivity contribution >= 4 is 34.7 Å². The molecule has 2 heterocycles. The lowest BCUT2D eigenvalue weighted by molar-refractivity contribution is -0.140. The van der Waals surface area contributed by atoms with Gasteiger partial charge in [0.05, 0.1) is 30.1 Å². The van der Waals surface area contributed by atoms with Crippen molar-refractivity contribution in [3.8, 4) is 0 Å². The maximum atomic E-state index is 11.0. The largest absolute Gasteiger partial charge is 0.478 e. The van der Waals surface area contributed by atoms with Gasteiger partial charge in [0.2, 0.25) is 5.95 Å². The molecule has 0 atom stereocenters. The predicted molar refractivity (Wildman–Crippen MR) is 76.9 cm³/mol. The van der Waals surface area contributed by atoms with E-state index in [1.165, 1.54) is 19.2 Å². The summed E-state index contributed by atoms with van der Waals surface area (Å²) in [4.78, 5) is 30.5. The lowest BCUT2D eigenvalue weighted by Gasteiger charge is -2.00. The molecule has 2 aromatic heterocycles. The predicted octanol–water partition coefficient (Wildman–Crippen LogP) is 0.884. The molecule has 0 radical (unpaired) electrons. The van der Waals surface area contributed by atoms with Crippen LogP contribution in [0.4, 0.5) is 5.95 Å². The molecule has 9 heteroatoms. The number of H-pyrrole nitrogens is 1. The van der Waals surface area contributed by atoms with Crippen molar-refractivity contribution in [2.24, 2.45) is 0 Å². The van der Waals surface area contributed by atoms with Crippen LogP contribution in [-0.4, -0.2) is 50.3 Å². The lowest BCUT2D eigenvalue weighted by Crippen LogP contribution is -2.10. The number of hydrogen-bond acceptors (Lipinski definition) is 6. The van der Waals surface area contributed by atoms with Gasteiger partial charge in [0.1, 0.15) is 0 Å². The molecular weight excluding hydrogens is 290 g/mol. The number of carbonyl (C=O) groups is 2. The highest BCUT2D eigenvalue weighted by Crippen LogP contribution is 2.18. The number of aromatic carboxylic acids is 1. The number of esters is 1. The Balaban J connectivity index is 1.85. The van der Waals surface area contributed by atoms with Crippen LogP contribution in [0.15, 0.2) is 18.2 Å². The Bertz CT molecular complexity index is 866. The number of carboxylic acids is 1. The number of imidazole rings is 1. The number of carboxylic acid groups (broad SMARTS) is 1. The molecule has 0 unspecified atom stereocenters. The summed E-state index contributed by atoms with van der Waals surface area (Å²) in [5.74, 6) is -0.430. The Morgan fingerprint density at radius 1 is 1.41 bits per heavy atom. The third kappa shape index (κ3) is 2.43. The second kappa shape index (κ2) is 5.35. The van der Waals surface area contributed by atoms with Crippen molar-refractivity contribution in [2.75, 3.05) is 19.0 Å². The number of ether oxygens (including phenoxy) is 1. The third-order valence-electron chi connectivity index (χ3n) is 3.16. The van der Waals surface area contributed by atoms with Gasteiger partial charge in [0.15, 0.2) is 0 Å². The number of aromatic nitrogens is 4. The summed E-state index contributed by atoms with van der Waals surface area (Å²) < 4.78 is 6.19. The van der Waals surface area contributed by atoms with Gasteiger partial charge in [-0.1, -0.05) is 0 Å². The number of fused-ring (bicyclic) bond motifs is 3. The topological polar surface area (TPSA) is 122 Å². The van der Waals surface area contributed by atoms with E-state index in [0.717, 1.165) is 0 Å². The highest BCUT2D eigenvalue weighted by Gasteiger charge is 2.12. The molecule has 0 aliphatic heterocycles. The van der Waals surface area contributed by atoms with Crippen LogP contribution in [-0.2, 0) is 9.53 Å². The lowest BCUT2D eigenvalue weighted by atomic mass is 10.2. The number of hydrogen-bond donors (Lipinski definition) is 3. The summed E-state index contributed by atoms with van der Waals surface area (Å²) in [6.07, 6.45) is 0.224. The molecule has 0 saturated heterocycles. The SMILES string of the molecule is COC(=O)CCNc1nc2nc3cc(C(=O)O)ccc3n2[nH]1. The fourth-order valence-electron chi connectivity index (χ4n) is 2.08. The fraction of sp³-hybridized carbons (Fsp3) is 0.231. The molecule has 0 aliphatic rings. The Labute approximate surface area is 123 Å². The maximum Gasteiger partial charge on any atom is 0.335 e. The molecular formula is C13H13N5O4. The summed E-state index contributed by atoms with van der Waals surface area (Å²) >= 11 is 0. The van der Waals surface area contributed by atoms with Crippen LogP contribution in [0.25, 0.3) is 16.8 Å². The number of methoxy groups -OCH3 is 1. The van der Waals surface area contributed by atoms with Gasteiger partial charge in [0.25, 0.3) is 5.78 Å². The zero-order valence-corrected chi connectivity index (χ0v) is 11.7. The molecule has 0 aliphatic carbocycles. The number of aromatic amines is 1. The van der Waals surface area contributed by atoms with Crippen molar-refractivity contribution < 1.29 is 19.4 Å².